The lowest BCUT2D eigenvalue weighted by molar-refractivity contribution is -0.180. The second-order valence-corrected chi connectivity index (χ2v) is 8.86. The zero-order chi connectivity index (χ0) is 20.9. The van der Waals surface area contributed by atoms with Crippen LogP contribution in [0.15, 0.2) is 29.8 Å². The van der Waals surface area contributed by atoms with Crippen molar-refractivity contribution in [2.45, 2.75) is 63.7 Å². The van der Waals surface area contributed by atoms with Crippen molar-refractivity contribution in [3.63, 3.8) is 0 Å². The molecule has 2 heterocycles. The Morgan fingerprint density at radius 2 is 2.21 bits per heavy atom. The summed E-state index contributed by atoms with van der Waals surface area (Å²) in [5.74, 6) is 0. The molecule has 0 aromatic heterocycles. The first-order valence-corrected chi connectivity index (χ1v) is 10.1. The average molecular weight is 417 g/mol. The van der Waals surface area contributed by atoms with Gasteiger partial charge in [-0.15, -0.1) is 6.58 Å². The van der Waals surface area contributed by atoms with Gasteiger partial charge in [0, 0.05) is 0 Å². The minimum atomic E-state index is -1.49. The molecule has 6 atom stereocenters. The maximum atomic E-state index is 15.0. The summed E-state index contributed by atoms with van der Waals surface area (Å²) in [5, 5.41) is 12.7. The van der Waals surface area contributed by atoms with Crippen LogP contribution >= 0.6 is 11.8 Å². The lowest BCUT2D eigenvalue weighted by atomic mass is 9.96. The number of halogens is 1. The first kappa shape index (κ1) is 22.9. The fourth-order valence-corrected chi connectivity index (χ4v) is 3.89. The van der Waals surface area contributed by atoms with E-state index in [1.54, 1.807) is 6.08 Å². The third-order valence-electron chi connectivity index (χ3n) is 4.05. The maximum Gasteiger partial charge on any atom is 0.413 e. The Hall–Kier alpha value is -1.42. The number of fused-ring (bicyclic) bond motifs is 1. The number of aliphatic imine (C=N–C) groups is 1. The van der Waals surface area contributed by atoms with E-state index in [0.717, 1.165) is 11.8 Å². The van der Waals surface area contributed by atoms with Crippen molar-refractivity contribution in [3.05, 3.63) is 24.8 Å². The molecule has 2 aliphatic rings. The van der Waals surface area contributed by atoms with E-state index in [4.69, 9.17) is 14.2 Å². The summed E-state index contributed by atoms with van der Waals surface area (Å²) in [6.45, 7) is 11.4. The van der Waals surface area contributed by atoms with E-state index in [2.05, 4.69) is 16.9 Å². The van der Waals surface area contributed by atoms with Crippen LogP contribution < -0.4 is 5.32 Å². The molecule has 0 spiro atoms. The van der Waals surface area contributed by atoms with Crippen molar-refractivity contribution in [2.75, 3.05) is 13.2 Å². The van der Waals surface area contributed by atoms with Crippen molar-refractivity contribution >= 4 is 23.0 Å². The smallest absolute Gasteiger partial charge is 0.413 e. The molecule has 2 aliphatic heterocycles. The highest BCUT2D eigenvalue weighted by Gasteiger charge is 2.51. The Labute approximate surface area is 169 Å². The molecule has 158 valence electrons. The topological polar surface area (TPSA) is 89.4 Å². The highest BCUT2D eigenvalue weighted by Crippen LogP contribution is 2.39. The number of nitrogens with one attached hydrogen (secondary N) is 1. The van der Waals surface area contributed by atoms with Crippen LogP contribution in [0.1, 0.15) is 27.7 Å². The normalized spacial score (nSPS) is 31.2. The van der Waals surface area contributed by atoms with Gasteiger partial charge >= 0.3 is 6.09 Å². The molecule has 1 fully saturated rings. The molecule has 1 unspecified atom stereocenters. The summed E-state index contributed by atoms with van der Waals surface area (Å²) < 4.78 is 31.3. The predicted octanol–water partition coefficient (Wildman–Crippen LogP) is 2.80. The molecule has 0 aliphatic carbocycles. The van der Waals surface area contributed by atoms with Crippen molar-refractivity contribution in [1.82, 2.24) is 5.32 Å². The van der Waals surface area contributed by atoms with E-state index in [1.807, 2.05) is 26.8 Å². The minimum absolute atomic E-state index is 0.00100. The third-order valence-corrected chi connectivity index (χ3v) is 5.10. The van der Waals surface area contributed by atoms with E-state index in [0.29, 0.717) is 0 Å². The number of nitrogens with zero attached hydrogens (tertiary/aromatic N) is 1. The number of carbonyl (C=O) groups is 1. The number of alkyl carbamates (subject to hydrolysis) is 1. The van der Waals surface area contributed by atoms with Gasteiger partial charge in [-0.1, -0.05) is 50.8 Å². The number of aliphatic hydroxyl groups is 1. The van der Waals surface area contributed by atoms with E-state index >= 15 is 0 Å². The molecule has 9 heteroatoms. The number of thioether (sulfide) groups is 1. The van der Waals surface area contributed by atoms with E-state index < -0.39 is 42.1 Å². The number of hydrogen-bond acceptors (Lipinski definition) is 7. The molecular formula is C19H29FN2O5S. The molecule has 1 saturated heterocycles. The number of carbonyl (C=O) groups excluding carboxylic acids is 1. The van der Waals surface area contributed by atoms with Crippen LogP contribution in [-0.2, 0) is 14.2 Å². The Morgan fingerprint density at radius 1 is 1.50 bits per heavy atom. The van der Waals surface area contributed by atoms with Crippen LogP contribution in [0.4, 0.5) is 9.18 Å². The van der Waals surface area contributed by atoms with Crippen LogP contribution in [0, 0.1) is 5.41 Å². The summed E-state index contributed by atoms with van der Waals surface area (Å²) >= 11 is 1.09. The average Bonchev–Trinajstić information content (AvgIpc) is 2.99. The number of alkyl halides is 1. The van der Waals surface area contributed by atoms with Gasteiger partial charge in [-0.2, -0.15) is 0 Å². The van der Waals surface area contributed by atoms with Gasteiger partial charge < -0.3 is 19.3 Å². The molecule has 7 nitrogen and oxygen atoms in total. The van der Waals surface area contributed by atoms with E-state index in [1.165, 1.54) is 13.0 Å². The highest BCUT2D eigenvalue weighted by atomic mass is 32.2. The fraction of sp³-hybridized carbons (Fsp3) is 0.684. The number of amides is 1. The molecule has 2 N–H and O–H groups in total. The summed E-state index contributed by atoms with van der Waals surface area (Å²) in [6.07, 6.45) is 0.301. The van der Waals surface area contributed by atoms with Crippen molar-refractivity contribution in [1.29, 1.82) is 0 Å². The second kappa shape index (κ2) is 9.87. The molecule has 0 aromatic rings. The number of allylic oxidation sites excluding steroid dienone is 1. The number of rotatable bonds is 6. The van der Waals surface area contributed by atoms with Crippen LogP contribution in [0.3, 0.4) is 0 Å². The molecule has 1 amide bonds. The summed E-state index contributed by atoms with van der Waals surface area (Å²) in [6, 6.07) is -0.842. The fourth-order valence-electron chi connectivity index (χ4n) is 2.81. The lowest BCUT2D eigenvalue weighted by Crippen LogP contribution is -2.57. The first-order chi connectivity index (χ1) is 13.1. The van der Waals surface area contributed by atoms with Gasteiger partial charge in [0.1, 0.15) is 30.3 Å². The summed E-state index contributed by atoms with van der Waals surface area (Å²) in [4.78, 5) is 16.1. The maximum absolute atomic E-state index is 15.0. The van der Waals surface area contributed by atoms with Gasteiger partial charge in [-0.05, 0) is 12.3 Å². The molecule has 28 heavy (non-hydrogen) atoms. The third kappa shape index (κ3) is 6.30. The van der Waals surface area contributed by atoms with Crippen LogP contribution in [0.25, 0.3) is 0 Å². The molecule has 0 saturated carbocycles. The zero-order valence-electron chi connectivity index (χ0n) is 16.6. The zero-order valence-corrected chi connectivity index (χ0v) is 17.4. The Balaban J connectivity index is 1.94. The Bertz CT molecular complexity index is 620. The van der Waals surface area contributed by atoms with Gasteiger partial charge in [0.25, 0.3) is 0 Å². The monoisotopic (exact) mass is 416 g/mol. The van der Waals surface area contributed by atoms with Gasteiger partial charge in [0.2, 0.25) is 0 Å². The summed E-state index contributed by atoms with van der Waals surface area (Å²) in [5.41, 5.74) is -0.659. The quantitative estimate of drug-likeness (QED) is 0.647. The van der Waals surface area contributed by atoms with Crippen molar-refractivity contribution in [3.8, 4) is 0 Å². The molecular weight excluding hydrogens is 387 g/mol. The molecule has 2 rings (SSSR count). The van der Waals surface area contributed by atoms with Gasteiger partial charge in [-0.3, -0.25) is 10.3 Å². The highest BCUT2D eigenvalue weighted by molar-refractivity contribution is 8.14. The first-order valence-electron chi connectivity index (χ1n) is 9.18. The van der Waals surface area contributed by atoms with Crippen LogP contribution in [-0.4, -0.2) is 65.5 Å². The largest absolute Gasteiger partial charge is 0.445 e. The van der Waals surface area contributed by atoms with Crippen molar-refractivity contribution < 1.29 is 28.5 Å². The number of amidine groups is 1. The number of aliphatic hydroxyl groups excluding tert-OH is 1. The molecule has 0 radical (unpaired) electrons. The van der Waals surface area contributed by atoms with Crippen LogP contribution in [0.5, 0.6) is 0 Å². The standard InChI is InChI=1S/C19H29FN2O5S/c1-6-9-25-15-12(20)13-16(27-14(15)11(2)23)28-17(21-13)22-18(24)26-10-7-8-19(3,4)5/h6-8,11-16,23H,1,9-10H2,2-5H3,(H,21,22,24)/t11?,12-,13-,14-,15+,16-/m1/s1. The number of ether oxygens (including phenoxy) is 3. The van der Waals surface area contributed by atoms with E-state index in [-0.39, 0.29) is 23.8 Å². The Kier molecular flexibility index (Phi) is 8.06. The number of hydrogen-bond donors (Lipinski definition) is 2. The second-order valence-electron chi connectivity index (χ2n) is 7.78. The van der Waals surface area contributed by atoms with Crippen molar-refractivity contribution in [2.24, 2.45) is 10.4 Å². The van der Waals surface area contributed by atoms with Gasteiger partial charge in [0.05, 0.1) is 12.7 Å². The Morgan fingerprint density at radius 3 is 2.82 bits per heavy atom. The molecule has 0 aromatic carbocycles. The SMILES string of the molecule is C=CCO[C@H]1[C@H](F)[C@H]2N=C(NC(=O)OCC=CC(C)(C)C)S[C@H]2O[C@@H]1C(C)O. The van der Waals surface area contributed by atoms with Gasteiger partial charge in [0.15, 0.2) is 11.3 Å². The lowest BCUT2D eigenvalue weighted by Gasteiger charge is -2.40. The summed E-state index contributed by atoms with van der Waals surface area (Å²) in [7, 11) is 0. The van der Waals surface area contributed by atoms with Gasteiger partial charge in [-0.25, -0.2) is 9.18 Å². The van der Waals surface area contributed by atoms with E-state index in [9.17, 15) is 14.3 Å². The minimum Gasteiger partial charge on any atom is -0.445 e. The molecule has 0 bridgehead atoms. The van der Waals surface area contributed by atoms with Crippen LogP contribution in [0.2, 0.25) is 0 Å². The predicted molar refractivity (Wildman–Crippen MR) is 107 cm³/mol.